The van der Waals surface area contributed by atoms with Gasteiger partial charge in [0.2, 0.25) is 11.8 Å². The SMILES string of the molecule is CCc1ccc(CN2CC(=O)NC3(CCCCC3)C2=O)s1. The number of piperazine rings is 1. The molecule has 2 heterocycles. The van der Waals surface area contributed by atoms with E-state index in [-0.39, 0.29) is 18.4 Å². The number of rotatable bonds is 3. The molecule has 2 fully saturated rings. The second-order valence-electron chi connectivity index (χ2n) is 6.07. The van der Waals surface area contributed by atoms with Gasteiger partial charge in [0.1, 0.15) is 12.1 Å². The molecule has 0 bridgehead atoms. The highest BCUT2D eigenvalue weighted by atomic mass is 32.1. The van der Waals surface area contributed by atoms with Gasteiger partial charge < -0.3 is 10.2 Å². The van der Waals surface area contributed by atoms with Crippen molar-refractivity contribution in [1.29, 1.82) is 0 Å². The van der Waals surface area contributed by atoms with Gasteiger partial charge >= 0.3 is 0 Å². The molecule has 0 unspecified atom stereocenters. The van der Waals surface area contributed by atoms with Crippen molar-refractivity contribution in [1.82, 2.24) is 10.2 Å². The van der Waals surface area contributed by atoms with Crippen molar-refractivity contribution in [3.63, 3.8) is 0 Å². The van der Waals surface area contributed by atoms with E-state index in [0.29, 0.717) is 6.54 Å². The fraction of sp³-hybridized carbons (Fsp3) is 0.625. The van der Waals surface area contributed by atoms with Gasteiger partial charge in [-0.05, 0) is 31.4 Å². The van der Waals surface area contributed by atoms with E-state index in [1.807, 2.05) is 0 Å². The summed E-state index contributed by atoms with van der Waals surface area (Å²) < 4.78 is 0. The maximum Gasteiger partial charge on any atom is 0.249 e. The summed E-state index contributed by atoms with van der Waals surface area (Å²) in [4.78, 5) is 29.1. The zero-order chi connectivity index (χ0) is 14.9. The van der Waals surface area contributed by atoms with Crippen molar-refractivity contribution < 1.29 is 9.59 Å². The van der Waals surface area contributed by atoms with Crippen LogP contribution in [0.3, 0.4) is 0 Å². The number of thiophene rings is 1. The van der Waals surface area contributed by atoms with Crippen LogP contribution < -0.4 is 5.32 Å². The molecular formula is C16H22N2O2S. The molecule has 5 heteroatoms. The maximum atomic E-state index is 12.8. The Labute approximate surface area is 129 Å². The zero-order valence-corrected chi connectivity index (χ0v) is 13.3. The lowest BCUT2D eigenvalue weighted by molar-refractivity contribution is -0.152. The molecule has 21 heavy (non-hydrogen) atoms. The van der Waals surface area contributed by atoms with E-state index in [2.05, 4.69) is 24.4 Å². The molecule has 2 aliphatic rings. The summed E-state index contributed by atoms with van der Waals surface area (Å²) in [5.41, 5.74) is -0.613. The van der Waals surface area contributed by atoms with Gasteiger partial charge in [-0.3, -0.25) is 9.59 Å². The molecular weight excluding hydrogens is 284 g/mol. The average molecular weight is 306 g/mol. The Bertz CT molecular complexity index is 546. The fourth-order valence-electron chi connectivity index (χ4n) is 3.42. The minimum absolute atomic E-state index is 0.0104. The molecule has 3 rings (SSSR count). The minimum Gasteiger partial charge on any atom is -0.340 e. The third-order valence-electron chi connectivity index (χ3n) is 4.53. The molecule has 114 valence electrons. The Morgan fingerprint density at radius 3 is 2.57 bits per heavy atom. The van der Waals surface area contributed by atoms with E-state index in [9.17, 15) is 9.59 Å². The molecule has 1 aliphatic heterocycles. The van der Waals surface area contributed by atoms with E-state index in [4.69, 9.17) is 0 Å². The van der Waals surface area contributed by atoms with Crippen LogP contribution in [0.25, 0.3) is 0 Å². The number of nitrogens with one attached hydrogen (secondary N) is 1. The second-order valence-corrected chi connectivity index (χ2v) is 7.33. The molecule has 1 N–H and O–H groups in total. The van der Waals surface area contributed by atoms with Gasteiger partial charge in [0.15, 0.2) is 0 Å². The highest BCUT2D eigenvalue weighted by Crippen LogP contribution is 2.32. The summed E-state index contributed by atoms with van der Waals surface area (Å²) in [6.45, 7) is 2.89. The van der Waals surface area contributed by atoms with E-state index in [1.165, 1.54) is 9.75 Å². The monoisotopic (exact) mass is 306 g/mol. The van der Waals surface area contributed by atoms with E-state index in [1.54, 1.807) is 16.2 Å². The van der Waals surface area contributed by atoms with Crippen molar-refractivity contribution >= 4 is 23.2 Å². The number of carbonyl (C=O) groups is 2. The quantitative estimate of drug-likeness (QED) is 0.932. The van der Waals surface area contributed by atoms with Gasteiger partial charge in [0.25, 0.3) is 0 Å². The van der Waals surface area contributed by atoms with E-state index < -0.39 is 5.54 Å². The van der Waals surface area contributed by atoms with Crippen LogP contribution in [-0.4, -0.2) is 28.8 Å². The van der Waals surface area contributed by atoms with Crippen molar-refractivity contribution in [2.45, 2.75) is 57.5 Å². The molecule has 1 saturated carbocycles. The Morgan fingerprint density at radius 1 is 1.19 bits per heavy atom. The number of nitrogens with zero attached hydrogens (tertiary/aromatic N) is 1. The lowest BCUT2D eigenvalue weighted by Gasteiger charge is -2.44. The molecule has 2 amide bonds. The molecule has 0 radical (unpaired) electrons. The van der Waals surface area contributed by atoms with Crippen LogP contribution in [0, 0.1) is 0 Å². The normalized spacial score (nSPS) is 21.7. The summed E-state index contributed by atoms with van der Waals surface area (Å²) in [7, 11) is 0. The summed E-state index contributed by atoms with van der Waals surface area (Å²) in [5, 5.41) is 2.99. The highest BCUT2D eigenvalue weighted by Gasteiger charge is 2.46. The smallest absolute Gasteiger partial charge is 0.249 e. The van der Waals surface area contributed by atoms with Crippen molar-refractivity contribution in [2.24, 2.45) is 0 Å². The first-order valence-corrected chi connectivity index (χ1v) is 8.62. The number of amides is 2. The molecule has 1 saturated heterocycles. The summed E-state index contributed by atoms with van der Waals surface area (Å²) in [5.74, 6) is 0.108. The first kappa shape index (κ1) is 14.6. The molecule has 1 aromatic rings. The molecule has 1 spiro atoms. The van der Waals surface area contributed by atoms with Crippen molar-refractivity contribution in [3.05, 3.63) is 21.9 Å². The van der Waals surface area contributed by atoms with Gasteiger partial charge in [0, 0.05) is 9.75 Å². The van der Waals surface area contributed by atoms with Crippen LogP contribution >= 0.6 is 11.3 Å². The van der Waals surface area contributed by atoms with E-state index in [0.717, 1.165) is 38.5 Å². The lowest BCUT2D eigenvalue weighted by Crippen LogP contribution is -2.66. The van der Waals surface area contributed by atoms with E-state index >= 15 is 0 Å². The summed E-state index contributed by atoms with van der Waals surface area (Å²) in [6.07, 6.45) is 5.81. The number of carbonyl (C=O) groups excluding carboxylic acids is 2. The summed E-state index contributed by atoms with van der Waals surface area (Å²) in [6, 6.07) is 4.20. The first-order chi connectivity index (χ1) is 10.1. The van der Waals surface area contributed by atoms with Crippen LogP contribution in [0.15, 0.2) is 12.1 Å². The van der Waals surface area contributed by atoms with Gasteiger partial charge in [0.05, 0.1) is 6.54 Å². The Morgan fingerprint density at radius 2 is 1.90 bits per heavy atom. The van der Waals surface area contributed by atoms with Gasteiger partial charge in [-0.15, -0.1) is 11.3 Å². The predicted octanol–water partition coefficient (Wildman–Crippen LogP) is 2.47. The van der Waals surface area contributed by atoms with Crippen molar-refractivity contribution in [3.8, 4) is 0 Å². The maximum absolute atomic E-state index is 12.8. The number of hydrogen-bond donors (Lipinski definition) is 1. The van der Waals surface area contributed by atoms with Crippen LogP contribution in [0.2, 0.25) is 0 Å². The minimum atomic E-state index is -0.613. The van der Waals surface area contributed by atoms with Gasteiger partial charge in [-0.2, -0.15) is 0 Å². The molecule has 1 aliphatic carbocycles. The van der Waals surface area contributed by atoms with Gasteiger partial charge in [-0.1, -0.05) is 26.2 Å². The van der Waals surface area contributed by atoms with Crippen LogP contribution in [0.1, 0.15) is 48.8 Å². The molecule has 1 aromatic heterocycles. The topological polar surface area (TPSA) is 49.4 Å². The highest BCUT2D eigenvalue weighted by molar-refractivity contribution is 7.11. The number of aryl methyl sites for hydroxylation is 1. The fourth-order valence-corrected chi connectivity index (χ4v) is 4.39. The van der Waals surface area contributed by atoms with Crippen LogP contribution in [0.4, 0.5) is 0 Å². The third kappa shape index (κ3) is 2.84. The molecule has 0 aromatic carbocycles. The predicted molar refractivity (Wildman–Crippen MR) is 83.1 cm³/mol. The Kier molecular flexibility index (Phi) is 4.02. The Hall–Kier alpha value is -1.36. The first-order valence-electron chi connectivity index (χ1n) is 7.81. The average Bonchev–Trinajstić information content (AvgIpc) is 2.93. The zero-order valence-electron chi connectivity index (χ0n) is 12.5. The summed E-state index contributed by atoms with van der Waals surface area (Å²) >= 11 is 1.74. The van der Waals surface area contributed by atoms with Crippen LogP contribution in [-0.2, 0) is 22.6 Å². The Balaban J connectivity index is 1.77. The van der Waals surface area contributed by atoms with Gasteiger partial charge in [-0.25, -0.2) is 0 Å². The molecule has 0 atom stereocenters. The number of hydrogen-bond acceptors (Lipinski definition) is 3. The second kappa shape index (κ2) is 5.79. The standard InChI is InChI=1S/C16H22N2O2S/c1-2-12-6-7-13(21-12)10-18-11-14(19)17-16(15(18)20)8-4-3-5-9-16/h6-7H,2-5,8-11H2,1H3,(H,17,19). The molecule has 4 nitrogen and oxygen atoms in total. The van der Waals surface area contributed by atoms with Crippen LogP contribution in [0.5, 0.6) is 0 Å². The largest absolute Gasteiger partial charge is 0.340 e. The van der Waals surface area contributed by atoms with Crippen molar-refractivity contribution in [2.75, 3.05) is 6.54 Å². The lowest BCUT2D eigenvalue weighted by atomic mass is 9.79. The third-order valence-corrected chi connectivity index (χ3v) is 5.74.